The van der Waals surface area contributed by atoms with Crippen LogP contribution in [0.2, 0.25) is 0 Å². The first kappa shape index (κ1) is 14.7. The molecule has 2 N–H and O–H groups in total. The minimum atomic E-state index is -0.747. The summed E-state index contributed by atoms with van der Waals surface area (Å²) in [4.78, 5) is 11.8. The highest BCUT2D eigenvalue weighted by Gasteiger charge is 2.23. The summed E-state index contributed by atoms with van der Waals surface area (Å²) >= 11 is 0. The minimum absolute atomic E-state index is 0.0139. The summed E-state index contributed by atoms with van der Waals surface area (Å²) in [5.41, 5.74) is 0. The summed E-state index contributed by atoms with van der Waals surface area (Å²) in [6.07, 6.45) is 0.825. The van der Waals surface area contributed by atoms with E-state index in [0.29, 0.717) is 6.54 Å². The van der Waals surface area contributed by atoms with Gasteiger partial charge in [-0.3, -0.25) is 4.79 Å². The number of benzene rings is 1. The standard InChI is InChI=1S/C14H18F2N2O2/c1-9(18-14(19)10-4-5-17-7-10)8-20-13-3-2-11(15)6-12(13)16/h2-3,6,9-10,17H,4-5,7-8H2,1H3,(H,18,19). The highest BCUT2D eigenvalue weighted by atomic mass is 19.1. The number of nitrogens with one attached hydrogen (secondary N) is 2. The van der Waals surface area contributed by atoms with Gasteiger partial charge in [0, 0.05) is 12.6 Å². The van der Waals surface area contributed by atoms with Gasteiger partial charge in [0.1, 0.15) is 12.4 Å². The highest BCUT2D eigenvalue weighted by molar-refractivity contribution is 5.79. The van der Waals surface area contributed by atoms with Crippen molar-refractivity contribution in [3.8, 4) is 5.75 Å². The normalized spacial score (nSPS) is 19.6. The molecule has 0 aliphatic carbocycles. The van der Waals surface area contributed by atoms with Crippen LogP contribution in [0.4, 0.5) is 8.78 Å². The third-order valence-corrected chi connectivity index (χ3v) is 3.20. The summed E-state index contributed by atoms with van der Waals surface area (Å²) in [7, 11) is 0. The first-order valence-corrected chi connectivity index (χ1v) is 6.65. The molecule has 1 aliphatic heterocycles. The molecule has 2 atom stereocenters. The molecule has 0 radical (unpaired) electrons. The maximum atomic E-state index is 13.3. The van der Waals surface area contributed by atoms with Crippen molar-refractivity contribution in [3.63, 3.8) is 0 Å². The maximum absolute atomic E-state index is 13.3. The zero-order valence-corrected chi connectivity index (χ0v) is 11.3. The van der Waals surface area contributed by atoms with Gasteiger partial charge in [-0.25, -0.2) is 8.78 Å². The van der Waals surface area contributed by atoms with E-state index < -0.39 is 11.6 Å². The smallest absolute Gasteiger partial charge is 0.224 e. The number of halogens is 2. The predicted molar refractivity (Wildman–Crippen MR) is 70.4 cm³/mol. The van der Waals surface area contributed by atoms with Gasteiger partial charge in [-0.2, -0.15) is 0 Å². The van der Waals surface area contributed by atoms with Gasteiger partial charge in [0.25, 0.3) is 0 Å². The van der Waals surface area contributed by atoms with E-state index in [0.717, 1.165) is 25.1 Å². The van der Waals surface area contributed by atoms with E-state index in [4.69, 9.17) is 4.74 Å². The molecule has 6 heteroatoms. The van der Waals surface area contributed by atoms with E-state index >= 15 is 0 Å². The fourth-order valence-electron chi connectivity index (χ4n) is 2.09. The SMILES string of the molecule is CC(COc1ccc(F)cc1F)NC(=O)C1CCNC1. The van der Waals surface area contributed by atoms with E-state index in [-0.39, 0.29) is 30.2 Å². The Hall–Kier alpha value is -1.69. The van der Waals surface area contributed by atoms with Gasteiger partial charge in [-0.15, -0.1) is 0 Å². The number of rotatable bonds is 5. The Kier molecular flexibility index (Phi) is 4.89. The lowest BCUT2D eigenvalue weighted by Crippen LogP contribution is -2.41. The minimum Gasteiger partial charge on any atom is -0.488 e. The second-order valence-electron chi connectivity index (χ2n) is 4.99. The molecule has 20 heavy (non-hydrogen) atoms. The molecule has 0 spiro atoms. The average molecular weight is 284 g/mol. The van der Waals surface area contributed by atoms with Crippen LogP contribution < -0.4 is 15.4 Å². The van der Waals surface area contributed by atoms with E-state index in [1.165, 1.54) is 6.07 Å². The molecule has 2 rings (SSSR count). The van der Waals surface area contributed by atoms with E-state index in [9.17, 15) is 13.6 Å². The Labute approximate surface area is 116 Å². The van der Waals surface area contributed by atoms with E-state index in [2.05, 4.69) is 10.6 Å². The Morgan fingerprint density at radius 2 is 2.35 bits per heavy atom. The van der Waals surface area contributed by atoms with Gasteiger partial charge in [0.05, 0.1) is 12.0 Å². The molecule has 1 heterocycles. The Morgan fingerprint density at radius 3 is 3.00 bits per heavy atom. The van der Waals surface area contributed by atoms with Gasteiger partial charge in [-0.1, -0.05) is 0 Å². The third kappa shape index (κ3) is 3.90. The molecule has 0 aromatic heterocycles. The monoisotopic (exact) mass is 284 g/mol. The van der Waals surface area contributed by atoms with Gasteiger partial charge in [-0.05, 0) is 32.0 Å². The van der Waals surface area contributed by atoms with Crippen LogP contribution in [0.1, 0.15) is 13.3 Å². The van der Waals surface area contributed by atoms with Crippen LogP contribution in [0.5, 0.6) is 5.75 Å². The van der Waals surface area contributed by atoms with Crippen molar-refractivity contribution in [3.05, 3.63) is 29.8 Å². The Morgan fingerprint density at radius 1 is 1.55 bits per heavy atom. The molecule has 0 bridgehead atoms. The van der Waals surface area contributed by atoms with Gasteiger partial charge >= 0.3 is 0 Å². The van der Waals surface area contributed by atoms with Crippen LogP contribution in [-0.2, 0) is 4.79 Å². The lowest BCUT2D eigenvalue weighted by atomic mass is 10.1. The van der Waals surface area contributed by atoms with Crippen molar-refractivity contribution in [1.82, 2.24) is 10.6 Å². The first-order chi connectivity index (χ1) is 9.56. The number of carbonyl (C=O) groups excluding carboxylic acids is 1. The molecule has 1 aromatic carbocycles. The second-order valence-corrected chi connectivity index (χ2v) is 4.99. The summed E-state index contributed by atoms with van der Waals surface area (Å²) in [6.45, 7) is 3.45. The average Bonchev–Trinajstić information content (AvgIpc) is 2.91. The number of carbonyl (C=O) groups is 1. The zero-order valence-electron chi connectivity index (χ0n) is 11.3. The Bertz CT molecular complexity index is 476. The molecule has 110 valence electrons. The number of hydrogen-bond acceptors (Lipinski definition) is 3. The molecule has 1 aromatic rings. The molecular formula is C14H18F2N2O2. The van der Waals surface area contributed by atoms with Crippen LogP contribution in [0.25, 0.3) is 0 Å². The van der Waals surface area contributed by atoms with Crippen LogP contribution in [0, 0.1) is 17.6 Å². The summed E-state index contributed by atoms with van der Waals surface area (Å²) in [6, 6.07) is 2.89. The van der Waals surface area contributed by atoms with Crippen molar-refractivity contribution in [2.75, 3.05) is 19.7 Å². The third-order valence-electron chi connectivity index (χ3n) is 3.20. The molecule has 4 nitrogen and oxygen atoms in total. The zero-order chi connectivity index (χ0) is 14.5. The molecule has 0 saturated carbocycles. The lowest BCUT2D eigenvalue weighted by Gasteiger charge is -2.17. The fraction of sp³-hybridized carbons (Fsp3) is 0.500. The number of ether oxygens (including phenoxy) is 1. The van der Waals surface area contributed by atoms with Gasteiger partial charge in [0.15, 0.2) is 11.6 Å². The van der Waals surface area contributed by atoms with Crippen molar-refractivity contribution < 1.29 is 18.3 Å². The topological polar surface area (TPSA) is 50.4 Å². The molecule has 1 aliphatic rings. The van der Waals surface area contributed by atoms with Crippen LogP contribution in [0.15, 0.2) is 18.2 Å². The molecule has 2 unspecified atom stereocenters. The highest BCUT2D eigenvalue weighted by Crippen LogP contribution is 2.17. The van der Waals surface area contributed by atoms with Crippen molar-refractivity contribution in [2.24, 2.45) is 5.92 Å². The maximum Gasteiger partial charge on any atom is 0.224 e. The summed E-state index contributed by atoms with van der Waals surface area (Å²) < 4.78 is 31.3. The summed E-state index contributed by atoms with van der Waals surface area (Å²) in [5, 5.41) is 5.94. The van der Waals surface area contributed by atoms with Crippen molar-refractivity contribution >= 4 is 5.91 Å². The first-order valence-electron chi connectivity index (χ1n) is 6.65. The molecular weight excluding hydrogens is 266 g/mol. The van der Waals surface area contributed by atoms with Gasteiger partial charge in [0.2, 0.25) is 5.91 Å². The second kappa shape index (κ2) is 6.65. The quantitative estimate of drug-likeness (QED) is 0.860. The molecule has 1 amide bonds. The number of amides is 1. The van der Waals surface area contributed by atoms with Gasteiger partial charge < -0.3 is 15.4 Å². The largest absolute Gasteiger partial charge is 0.488 e. The lowest BCUT2D eigenvalue weighted by molar-refractivity contribution is -0.125. The molecule has 1 saturated heterocycles. The van der Waals surface area contributed by atoms with Crippen molar-refractivity contribution in [2.45, 2.75) is 19.4 Å². The summed E-state index contributed by atoms with van der Waals surface area (Å²) in [5.74, 6) is -1.45. The predicted octanol–water partition coefficient (Wildman–Crippen LogP) is 1.46. The van der Waals surface area contributed by atoms with E-state index in [1.807, 2.05) is 0 Å². The van der Waals surface area contributed by atoms with Crippen molar-refractivity contribution in [1.29, 1.82) is 0 Å². The van der Waals surface area contributed by atoms with Crippen LogP contribution in [0.3, 0.4) is 0 Å². The van der Waals surface area contributed by atoms with E-state index in [1.54, 1.807) is 6.92 Å². The number of hydrogen-bond donors (Lipinski definition) is 2. The molecule has 1 fully saturated rings. The van der Waals surface area contributed by atoms with Crippen LogP contribution >= 0.6 is 0 Å². The Balaban J connectivity index is 1.79. The van der Waals surface area contributed by atoms with Crippen LogP contribution in [-0.4, -0.2) is 31.6 Å². The fourth-order valence-corrected chi connectivity index (χ4v) is 2.09.